The van der Waals surface area contributed by atoms with Crippen molar-refractivity contribution in [3.8, 4) is 0 Å². The number of hydrogen-bond acceptors (Lipinski definition) is 2. The van der Waals surface area contributed by atoms with Crippen molar-refractivity contribution < 1.29 is 4.57 Å². The first-order valence-electron chi connectivity index (χ1n) is 6.15. The fourth-order valence-electron chi connectivity index (χ4n) is 1.78. The lowest BCUT2D eigenvalue weighted by molar-refractivity contribution is -0.702. The van der Waals surface area contributed by atoms with Crippen LogP contribution in [0.15, 0.2) is 58.1 Å². The van der Waals surface area contributed by atoms with E-state index in [9.17, 15) is 0 Å². The van der Waals surface area contributed by atoms with Crippen LogP contribution in [0.3, 0.4) is 0 Å². The fraction of sp³-hybridized carbons (Fsp3) is 0.200. The Hall–Kier alpha value is -1.39. The standard InChI is InChI=1S/C15H18N2S2/c1-4-12(9-16)11(2)18-15-17(3)10-13-7-5-6-8-14(13)19-15/h5-10H,2,4,16H2,1,3H3/q+2. The van der Waals surface area contributed by atoms with Crippen molar-refractivity contribution >= 4 is 33.2 Å². The predicted molar refractivity (Wildman–Crippen MR) is 85.0 cm³/mol. The van der Waals surface area contributed by atoms with E-state index in [1.807, 2.05) is 0 Å². The molecule has 2 rings (SSSR count). The molecule has 0 aliphatic heterocycles. The van der Waals surface area contributed by atoms with E-state index in [0.717, 1.165) is 16.9 Å². The molecule has 4 heteroatoms. The topological polar surface area (TPSA) is 29.9 Å². The number of benzene rings is 1. The van der Waals surface area contributed by atoms with Crippen LogP contribution in [0.5, 0.6) is 0 Å². The number of allylic oxidation sites excluding steroid dienone is 1. The van der Waals surface area contributed by atoms with Crippen molar-refractivity contribution in [2.45, 2.75) is 17.7 Å². The SMILES string of the molecule is C=C(Sc1[s+]c2ccccc2c[n+]1C)C(=CN)CC. The summed E-state index contributed by atoms with van der Waals surface area (Å²) in [5.41, 5.74) is 6.73. The minimum absolute atomic E-state index is 0.907. The number of nitrogens with zero attached hydrogens (tertiary/aromatic N) is 1. The van der Waals surface area contributed by atoms with Crippen LogP contribution >= 0.6 is 23.1 Å². The second kappa shape index (κ2) is 6.17. The number of nitrogens with two attached hydrogens (primary N) is 1. The minimum Gasteiger partial charge on any atom is -0.404 e. The number of thioether (sulfide) groups is 1. The van der Waals surface area contributed by atoms with Crippen LogP contribution in [0.4, 0.5) is 0 Å². The van der Waals surface area contributed by atoms with Crippen molar-refractivity contribution in [2.24, 2.45) is 12.8 Å². The molecule has 0 fully saturated rings. The monoisotopic (exact) mass is 290 g/mol. The highest BCUT2D eigenvalue weighted by Gasteiger charge is 2.25. The molecule has 1 aromatic carbocycles. The first-order chi connectivity index (χ1) is 9.15. The van der Waals surface area contributed by atoms with Gasteiger partial charge >= 0.3 is 15.7 Å². The molecule has 1 heterocycles. The van der Waals surface area contributed by atoms with Gasteiger partial charge in [0.1, 0.15) is 12.4 Å². The molecule has 2 N–H and O–H groups in total. The number of fused-ring (bicyclic) bond motifs is 1. The van der Waals surface area contributed by atoms with Gasteiger partial charge in [0, 0.05) is 22.7 Å². The van der Waals surface area contributed by atoms with Gasteiger partial charge in [-0.2, -0.15) is 0 Å². The van der Waals surface area contributed by atoms with Crippen LogP contribution in [-0.2, 0) is 7.05 Å². The molecule has 0 unspecified atom stereocenters. The predicted octanol–water partition coefficient (Wildman–Crippen LogP) is 3.87. The maximum atomic E-state index is 5.63. The van der Waals surface area contributed by atoms with E-state index in [1.165, 1.54) is 14.4 Å². The fourth-order valence-corrected chi connectivity index (χ4v) is 4.04. The average molecular weight is 290 g/mol. The van der Waals surface area contributed by atoms with Crippen LogP contribution in [-0.4, -0.2) is 0 Å². The Balaban J connectivity index is 2.35. The molecule has 0 atom stereocenters. The molecule has 0 aliphatic rings. The minimum atomic E-state index is 0.907. The first-order valence-corrected chi connectivity index (χ1v) is 7.78. The molecule has 0 bridgehead atoms. The maximum absolute atomic E-state index is 5.63. The van der Waals surface area contributed by atoms with Crippen molar-refractivity contribution in [3.63, 3.8) is 0 Å². The molecule has 0 saturated carbocycles. The van der Waals surface area contributed by atoms with Crippen molar-refractivity contribution in [1.29, 1.82) is 0 Å². The highest BCUT2D eigenvalue weighted by Crippen LogP contribution is 2.33. The third-order valence-electron chi connectivity index (χ3n) is 2.89. The Labute approximate surface area is 122 Å². The molecule has 2 nitrogen and oxygen atoms in total. The molecule has 0 spiro atoms. The van der Waals surface area contributed by atoms with Gasteiger partial charge in [0.15, 0.2) is 6.20 Å². The molecule has 0 amide bonds. The molecular formula is C15H18N2S2+2. The Morgan fingerprint density at radius 1 is 1.47 bits per heavy atom. The third kappa shape index (κ3) is 3.14. The van der Waals surface area contributed by atoms with Gasteiger partial charge in [-0.15, -0.1) is 4.57 Å². The van der Waals surface area contributed by atoms with Gasteiger partial charge in [-0.25, -0.2) is 0 Å². The summed E-state index contributed by atoms with van der Waals surface area (Å²) in [4.78, 5) is 1.02. The Morgan fingerprint density at radius 3 is 2.89 bits per heavy atom. The summed E-state index contributed by atoms with van der Waals surface area (Å²) >= 11 is 3.46. The summed E-state index contributed by atoms with van der Waals surface area (Å²) in [7, 11) is 2.07. The van der Waals surface area contributed by atoms with E-state index in [4.69, 9.17) is 5.73 Å². The van der Waals surface area contributed by atoms with Crippen molar-refractivity contribution in [3.05, 3.63) is 53.7 Å². The van der Waals surface area contributed by atoms with E-state index >= 15 is 0 Å². The number of rotatable bonds is 4. The zero-order valence-corrected chi connectivity index (χ0v) is 12.9. The van der Waals surface area contributed by atoms with E-state index < -0.39 is 0 Å². The van der Waals surface area contributed by atoms with E-state index in [2.05, 4.69) is 55.6 Å². The number of aromatic nitrogens is 1. The third-order valence-corrected chi connectivity index (χ3v) is 5.41. The molecule has 0 saturated heterocycles. The summed E-state index contributed by atoms with van der Waals surface area (Å²) in [6.07, 6.45) is 4.71. The van der Waals surface area contributed by atoms with Gasteiger partial charge in [-0.1, -0.05) is 25.6 Å². The number of hydrogen-bond donors (Lipinski definition) is 1. The lowest BCUT2D eigenvalue weighted by Gasteiger charge is -2.02. The Bertz CT molecular complexity index is 648. The van der Waals surface area contributed by atoms with Crippen LogP contribution in [0.25, 0.3) is 10.1 Å². The molecule has 2 aromatic rings. The lowest BCUT2D eigenvalue weighted by atomic mass is 10.2. The van der Waals surface area contributed by atoms with Gasteiger partial charge < -0.3 is 5.73 Å². The van der Waals surface area contributed by atoms with Crippen LogP contribution in [0.1, 0.15) is 13.3 Å². The normalized spacial score (nSPS) is 11.8. The second-order valence-corrected chi connectivity index (χ2v) is 6.59. The van der Waals surface area contributed by atoms with E-state index in [0.29, 0.717) is 0 Å². The summed E-state index contributed by atoms with van der Waals surface area (Å²) in [5, 5.41) is 1.26. The highest BCUT2D eigenvalue weighted by atomic mass is 32.2. The molecule has 1 aromatic heterocycles. The number of aryl methyl sites for hydroxylation is 1. The largest absolute Gasteiger partial charge is 0.501 e. The van der Waals surface area contributed by atoms with Crippen molar-refractivity contribution in [1.82, 2.24) is 0 Å². The quantitative estimate of drug-likeness (QED) is 0.401. The Morgan fingerprint density at radius 2 is 2.21 bits per heavy atom. The zero-order chi connectivity index (χ0) is 13.8. The van der Waals surface area contributed by atoms with Gasteiger partial charge in [-0.3, -0.25) is 0 Å². The molecule has 0 radical (unpaired) electrons. The lowest BCUT2D eigenvalue weighted by Crippen LogP contribution is -2.29. The van der Waals surface area contributed by atoms with E-state index in [1.54, 1.807) is 29.3 Å². The summed E-state index contributed by atoms with van der Waals surface area (Å²) in [6.45, 7) is 6.21. The smallest absolute Gasteiger partial charge is 0.404 e. The first kappa shape index (κ1) is 14.0. The summed E-state index contributed by atoms with van der Waals surface area (Å²) in [6, 6.07) is 8.41. The second-order valence-electron chi connectivity index (χ2n) is 4.22. The average Bonchev–Trinajstić information content (AvgIpc) is 2.41. The highest BCUT2D eigenvalue weighted by molar-refractivity contribution is 8.04. The van der Waals surface area contributed by atoms with E-state index in [-0.39, 0.29) is 0 Å². The summed E-state index contributed by atoms with van der Waals surface area (Å²) in [5.74, 6) is 0. The summed E-state index contributed by atoms with van der Waals surface area (Å²) < 4.78 is 4.63. The van der Waals surface area contributed by atoms with Gasteiger partial charge in [0.25, 0.3) is 4.70 Å². The Kier molecular flexibility index (Phi) is 4.56. The van der Waals surface area contributed by atoms with Crippen molar-refractivity contribution in [2.75, 3.05) is 0 Å². The molecule has 98 valence electrons. The zero-order valence-electron chi connectivity index (χ0n) is 11.2. The van der Waals surface area contributed by atoms with Gasteiger partial charge in [0.05, 0.1) is 0 Å². The molecular weight excluding hydrogens is 272 g/mol. The van der Waals surface area contributed by atoms with Gasteiger partial charge in [0.2, 0.25) is 0 Å². The molecule has 0 aliphatic carbocycles. The van der Waals surface area contributed by atoms with Crippen LogP contribution < -0.4 is 10.3 Å². The maximum Gasteiger partial charge on any atom is 0.501 e. The van der Waals surface area contributed by atoms with Crippen LogP contribution in [0.2, 0.25) is 0 Å². The molecule has 19 heavy (non-hydrogen) atoms. The van der Waals surface area contributed by atoms with Crippen LogP contribution in [0, 0.1) is 0 Å². The van der Waals surface area contributed by atoms with Gasteiger partial charge in [-0.05, 0) is 24.3 Å².